The van der Waals surface area contributed by atoms with Gasteiger partial charge in [0.05, 0.1) is 23.3 Å². The van der Waals surface area contributed by atoms with Crippen molar-refractivity contribution in [2.45, 2.75) is 51.6 Å². The lowest BCUT2D eigenvalue weighted by Crippen LogP contribution is -2.24. The third-order valence-electron chi connectivity index (χ3n) is 6.74. The monoisotopic (exact) mass is 486 g/mol. The Hall–Kier alpha value is -3.92. The third kappa shape index (κ3) is 4.07. The molecule has 0 radical (unpaired) electrons. The molecule has 2 aliphatic rings. The molecule has 0 saturated heterocycles. The Labute approximate surface area is 207 Å². The van der Waals surface area contributed by atoms with Crippen molar-refractivity contribution >= 4 is 11.7 Å². The Morgan fingerprint density at radius 2 is 2.08 bits per heavy atom. The van der Waals surface area contributed by atoms with Gasteiger partial charge in [-0.15, -0.1) is 10.2 Å². The van der Waals surface area contributed by atoms with E-state index < -0.39 is 11.7 Å². The molecule has 1 aliphatic heterocycles. The first-order chi connectivity index (χ1) is 17.5. The van der Waals surface area contributed by atoms with E-state index in [-0.39, 0.29) is 11.6 Å². The van der Waals surface area contributed by atoms with Gasteiger partial charge in [0, 0.05) is 37.2 Å². The molecule has 1 fully saturated rings. The summed E-state index contributed by atoms with van der Waals surface area (Å²) in [6.45, 7) is 5.36. The van der Waals surface area contributed by atoms with Crippen LogP contribution in [0.4, 0.5) is 10.2 Å². The van der Waals surface area contributed by atoms with Crippen molar-refractivity contribution in [1.29, 1.82) is 0 Å². The normalized spacial score (nSPS) is 15.2. The minimum absolute atomic E-state index is 0.0421. The Morgan fingerprint density at radius 1 is 1.22 bits per heavy atom. The van der Waals surface area contributed by atoms with Crippen LogP contribution >= 0.6 is 0 Å². The van der Waals surface area contributed by atoms with Crippen LogP contribution in [0.25, 0.3) is 17.2 Å². The molecular weight excluding hydrogens is 459 g/mol. The quantitative estimate of drug-likeness (QED) is 0.442. The number of benzene rings is 1. The smallest absolute Gasteiger partial charge is 0.259 e. The number of imidazole rings is 1. The lowest BCUT2D eigenvalue weighted by atomic mass is 10.0. The van der Waals surface area contributed by atoms with Gasteiger partial charge in [-0.1, -0.05) is 6.07 Å². The predicted octanol–water partition coefficient (Wildman–Crippen LogP) is 4.02. The number of fused-ring (bicyclic) bond motifs is 3. The molecule has 1 amide bonds. The number of carbonyl (C=O) groups excluding carboxylic acids is 1. The Balaban J connectivity index is 1.33. The summed E-state index contributed by atoms with van der Waals surface area (Å²) in [4.78, 5) is 22.4. The van der Waals surface area contributed by atoms with E-state index in [1.807, 2.05) is 29.3 Å². The highest BCUT2D eigenvalue weighted by Crippen LogP contribution is 2.41. The highest BCUT2D eigenvalue weighted by Gasteiger charge is 2.31. The number of pyridine rings is 1. The first-order valence-electron chi connectivity index (χ1n) is 12.3. The van der Waals surface area contributed by atoms with E-state index in [1.165, 1.54) is 6.07 Å². The fraction of sp³-hybridized carbons (Fsp3) is 0.346. The average molecular weight is 487 g/mol. The molecule has 0 unspecified atom stereocenters. The number of halogens is 1. The molecule has 0 spiro atoms. The van der Waals surface area contributed by atoms with Crippen LogP contribution in [0, 0.1) is 5.82 Å². The van der Waals surface area contributed by atoms with Gasteiger partial charge in [-0.3, -0.25) is 4.79 Å². The summed E-state index contributed by atoms with van der Waals surface area (Å²) in [6, 6.07) is 8.46. The van der Waals surface area contributed by atoms with Crippen LogP contribution in [-0.4, -0.2) is 41.8 Å². The molecule has 0 bridgehead atoms. The Kier molecular flexibility index (Phi) is 5.60. The number of aromatic nitrogens is 6. The van der Waals surface area contributed by atoms with E-state index in [9.17, 15) is 4.79 Å². The van der Waals surface area contributed by atoms with E-state index >= 15 is 4.39 Å². The van der Waals surface area contributed by atoms with E-state index in [0.717, 1.165) is 48.4 Å². The predicted molar refractivity (Wildman–Crippen MR) is 132 cm³/mol. The van der Waals surface area contributed by atoms with Crippen LogP contribution in [0.3, 0.4) is 0 Å². The summed E-state index contributed by atoms with van der Waals surface area (Å²) in [6.07, 6.45) is 6.60. The fourth-order valence-electron chi connectivity index (χ4n) is 4.73. The number of anilines is 1. The lowest BCUT2D eigenvalue weighted by Gasteiger charge is -2.20. The maximum atomic E-state index is 15.2. The third-order valence-corrected chi connectivity index (χ3v) is 6.74. The van der Waals surface area contributed by atoms with Gasteiger partial charge in [-0.25, -0.2) is 14.4 Å². The van der Waals surface area contributed by atoms with Gasteiger partial charge in [-0.2, -0.15) is 0 Å². The van der Waals surface area contributed by atoms with E-state index in [4.69, 9.17) is 0 Å². The number of carbonyl (C=O) groups is 1. The molecule has 36 heavy (non-hydrogen) atoms. The van der Waals surface area contributed by atoms with Crippen LogP contribution in [0.2, 0.25) is 0 Å². The summed E-state index contributed by atoms with van der Waals surface area (Å²) in [5.41, 5.74) is 4.34. The van der Waals surface area contributed by atoms with Crippen LogP contribution < -0.4 is 10.6 Å². The molecule has 4 heterocycles. The Morgan fingerprint density at radius 3 is 2.89 bits per heavy atom. The second-order valence-corrected chi connectivity index (χ2v) is 9.63. The molecule has 9 nitrogen and oxygen atoms in total. The molecule has 1 aliphatic carbocycles. The van der Waals surface area contributed by atoms with Crippen LogP contribution in [0.15, 0.2) is 43.0 Å². The van der Waals surface area contributed by atoms with Crippen molar-refractivity contribution in [2.75, 3.05) is 11.9 Å². The molecule has 184 valence electrons. The minimum atomic E-state index is -0.576. The number of hydrogen-bond donors (Lipinski definition) is 2. The molecule has 3 aromatic heterocycles. The number of amides is 1. The van der Waals surface area contributed by atoms with Gasteiger partial charge < -0.3 is 19.8 Å². The topological polar surface area (TPSA) is 103 Å². The van der Waals surface area contributed by atoms with Crippen molar-refractivity contribution in [3.63, 3.8) is 0 Å². The van der Waals surface area contributed by atoms with Crippen molar-refractivity contribution in [2.24, 2.45) is 0 Å². The van der Waals surface area contributed by atoms with Crippen molar-refractivity contribution in [3.8, 4) is 17.2 Å². The maximum absolute atomic E-state index is 15.2. The minimum Gasteiger partial charge on any atom is -0.312 e. The standard InChI is InChI=1S/C26H27FN8O/c1-15(2)34-14-30-33-25(34)20-4-3-5-23(31-20)32-26(36)18-11-22-17(10-19(18)27)12-28-9-8-21-24(16-6-7-16)29-13-35(21)22/h3-5,10-11,13-16,28H,6-9,12H2,1-2H3,(H,31,32,36). The number of nitrogens with one attached hydrogen (secondary N) is 2. The fourth-order valence-corrected chi connectivity index (χ4v) is 4.73. The zero-order valence-corrected chi connectivity index (χ0v) is 20.2. The first kappa shape index (κ1) is 22.5. The van der Waals surface area contributed by atoms with Crippen LogP contribution in [0.5, 0.6) is 0 Å². The molecular formula is C26H27FN8O. The van der Waals surface area contributed by atoms with E-state index in [2.05, 4.69) is 30.8 Å². The highest BCUT2D eigenvalue weighted by molar-refractivity contribution is 6.04. The summed E-state index contributed by atoms with van der Waals surface area (Å²) in [5.74, 6) is 0.271. The van der Waals surface area contributed by atoms with Crippen molar-refractivity contribution < 1.29 is 9.18 Å². The van der Waals surface area contributed by atoms with E-state index in [0.29, 0.717) is 29.8 Å². The molecule has 2 N–H and O–H groups in total. The summed E-state index contributed by atoms with van der Waals surface area (Å²) in [7, 11) is 0. The van der Waals surface area contributed by atoms with Gasteiger partial charge in [0.25, 0.3) is 5.91 Å². The molecule has 1 saturated carbocycles. The molecule has 6 rings (SSSR count). The molecule has 0 atom stereocenters. The van der Waals surface area contributed by atoms with Crippen LogP contribution in [0.1, 0.15) is 66.0 Å². The van der Waals surface area contributed by atoms with E-state index in [1.54, 1.807) is 30.6 Å². The summed E-state index contributed by atoms with van der Waals surface area (Å²) in [5, 5.41) is 14.3. The van der Waals surface area contributed by atoms with Crippen molar-refractivity contribution in [3.05, 3.63) is 71.3 Å². The zero-order chi connectivity index (χ0) is 24.8. The lowest BCUT2D eigenvalue weighted by molar-refractivity contribution is 0.102. The number of nitrogens with zero attached hydrogens (tertiary/aromatic N) is 6. The summed E-state index contributed by atoms with van der Waals surface area (Å²) < 4.78 is 19.1. The average Bonchev–Trinajstić information content (AvgIpc) is 3.41. The second-order valence-electron chi connectivity index (χ2n) is 9.63. The zero-order valence-electron chi connectivity index (χ0n) is 20.2. The molecule has 4 aromatic rings. The van der Waals surface area contributed by atoms with Gasteiger partial charge in [-0.05, 0) is 56.5 Å². The molecule has 1 aromatic carbocycles. The number of rotatable bonds is 5. The second kappa shape index (κ2) is 8.94. The van der Waals surface area contributed by atoms with Crippen molar-refractivity contribution in [1.82, 2.24) is 34.6 Å². The van der Waals surface area contributed by atoms with Gasteiger partial charge >= 0.3 is 0 Å². The number of hydrogen-bond acceptors (Lipinski definition) is 6. The largest absolute Gasteiger partial charge is 0.312 e. The molecule has 10 heteroatoms. The highest BCUT2D eigenvalue weighted by atomic mass is 19.1. The van der Waals surface area contributed by atoms with Gasteiger partial charge in [0.1, 0.15) is 23.7 Å². The first-order valence-corrected chi connectivity index (χ1v) is 12.3. The van der Waals surface area contributed by atoms with Gasteiger partial charge in [0.15, 0.2) is 5.82 Å². The Bertz CT molecular complexity index is 1450. The SMILES string of the molecule is CC(C)n1cnnc1-c1cccc(NC(=O)c2cc3c(cc2F)CNCCc2c(C4CC4)ncn2-3)n1. The van der Waals surface area contributed by atoms with Gasteiger partial charge in [0.2, 0.25) is 0 Å². The summed E-state index contributed by atoms with van der Waals surface area (Å²) >= 11 is 0. The maximum Gasteiger partial charge on any atom is 0.259 e. The van der Waals surface area contributed by atoms with Crippen LogP contribution in [-0.2, 0) is 13.0 Å².